The van der Waals surface area contributed by atoms with Crippen molar-refractivity contribution in [2.75, 3.05) is 16.8 Å². The Morgan fingerprint density at radius 2 is 2.18 bits per heavy atom. The van der Waals surface area contributed by atoms with Gasteiger partial charge in [0.25, 0.3) is 0 Å². The molecule has 2 rings (SSSR count). The lowest BCUT2D eigenvalue weighted by atomic mass is 9.96. The van der Waals surface area contributed by atoms with Gasteiger partial charge in [-0.25, -0.2) is 0 Å². The smallest absolute Gasteiger partial charge is 0.244 e. The number of nitrogens with two attached hydrogens (primary N) is 1. The van der Waals surface area contributed by atoms with Crippen LogP contribution in [0.1, 0.15) is 46.0 Å². The van der Waals surface area contributed by atoms with Crippen molar-refractivity contribution < 1.29 is 9.59 Å². The molecule has 1 aromatic carbocycles. The number of hydrogen-bond donors (Lipinski definition) is 2. The van der Waals surface area contributed by atoms with Gasteiger partial charge in [0.05, 0.1) is 5.54 Å². The molecular weight excluding hydrogens is 278 g/mol. The van der Waals surface area contributed by atoms with Crippen LogP contribution < -0.4 is 16.0 Å². The third kappa shape index (κ3) is 3.85. The van der Waals surface area contributed by atoms with Gasteiger partial charge in [-0.05, 0) is 44.4 Å². The SMILES string of the molecule is CCCC(C)(N)C(=O)Nc1cccc(N2CCCCC2=O)c1. The molecule has 1 unspecified atom stereocenters. The van der Waals surface area contributed by atoms with Crippen molar-refractivity contribution in [2.45, 2.75) is 51.5 Å². The monoisotopic (exact) mass is 303 g/mol. The van der Waals surface area contributed by atoms with E-state index in [1.165, 1.54) is 0 Å². The minimum Gasteiger partial charge on any atom is -0.324 e. The van der Waals surface area contributed by atoms with E-state index in [9.17, 15) is 9.59 Å². The Hall–Kier alpha value is -1.88. The number of piperidine rings is 1. The first-order chi connectivity index (χ1) is 10.4. The van der Waals surface area contributed by atoms with Crippen molar-refractivity contribution in [3.05, 3.63) is 24.3 Å². The van der Waals surface area contributed by atoms with E-state index in [-0.39, 0.29) is 11.8 Å². The molecule has 1 fully saturated rings. The number of benzene rings is 1. The zero-order chi connectivity index (χ0) is 16.2. The minimum atomic E-state index is -0.883. The molecule has 1 aromatic rings. The number of carbonyl (C=O) groups is 2. The molecule has 0 aliphatic carbocycles. The lowest BCUT2D eigenvalue weighted by Crippen LogP contribution is -2.48. The minimum absolute atomic E-state index is 0.143. The topological polar surface area (TPSA) is 75.4 Å². The maximum atomic E-state index is 12.3. The summed E-state index contributed by atoms with van der Waals surface area (Å²) < 4.78 is 0. The Labute approximate surface area is 131 Å². The largest absolute Gasteiger partial charge is 0.324 e. The summed E-state index contributed by atoms with van der Waals surface area (Å²) in [7, 11) is 0. The number of carbonyl (C=O) groups excluding carboxylic acids is 2. The fraction of sp³-hybridized carbons (Fsp3) is 0.529. The summed E-state index contributed by atoms with van der Waals surface area (Å²) in [5, 5.41) is 2.86. The van der Waals surface area contributed by atoms with Crippen LogP contribution in [0, 0.1) is 0 Å². The standard InChI is InChI=1S/C17H25N3O2/c1-3-10-17(2,18)16(22)19-13-7-6-8-14(12-13)20-11-5-4-9-15(20)21/h6-8,12H,3-5,9-11,18H2,1-2H3,(H,19,22). The third-order valence-corrected chi connectivity index (χ3v) is 4.03. The van der Waals surface area contributed by atoms with Crippen LogP contribution in [-0.2, 0) is 9.59 Å². The summed E-state index contributed by atoms with van der Waals surface area (Å²) in [5.41, 5.74) is 6.67. The molecule has 0 bridgehead atoms. The molecule has 3 N–H and O–H groups in total. The first kappa shape index (κ1) is 16.5. The molecule has 22 heavy (non-hydrogen) atoms. The van der Waals surface area contributed by atoms with Gasteiger partial charge >= 0.3 is 0 Å². The average Bonchev–Trinajstić information content (AvgIpc) is 2.48. The summed E-state index contributed by atoms with van der Waals surface area (Å²) >= 11 is 0. The van der Waals surface area contributed by atoms with Gasteiger partial charge in [-0.15, -0.1) is 0 Å². The number of anilines is 2. The first-order valence-corrected chi connectivity index (χ1v) is 7.95. The molecule has 0 radical (unpaired) electrons. The maximum Gasteiger partial charge on any atom is 0.244 e. The number of nitrogens with zero attached hydrogens (tertiary/aromatic N) is 1. The number of rotatable bonds is 5. The van der Waals surface area contributed by atoms with Gasteiger partial charge in [0.15, 0.2) is 0 Å². The lowest BCUT2D eigenvalue weighted by molar-refractivity contribution is -0.121. The van der Waals surface area contributed by atoms with Crippen molar-refractivity contribution in [1.82, 2.24) is 0 Å². The van der Waals surface area contributed by atoms with Crippen LogP contribution in [0.15, 0.2) is 24.3 Å². The van der Waals surface area contributed by atoms with Gasteiger partial charge < -0.3 is 16.0 Å². The van der Waals surface area contributed by atoms with Gasteiger partial charge in [-0.3, -0.25) is 9.59 Å². The molecule has 5 heteroatoms. The molecule has 5 nitrogen and oxygen atoms in total. The van der Waals surface area contributed by atoms with Gasteiger partial charge in [0.1, 0.15) is 0 Å². The highest BCUT2D eigenvalue weighted by atomic mass is 16.2. The highest BCUT2D eigenvalue weighted by Crippen LogP contribution is 2.24. The predicted molar refractivity (Wildman–Crippen MR) is 88.8 cm³/mol. The van der Waals surface area contributed by atoms with E-state index in [2.05, 4.69) is 5.32 Å². The van der Waals surface area contributed by atoms with E-state index in [1.54, 1.807) is 11.8 Å². The first-order valence-electron chi connectivity index (χ1n) is 7.95. The van der Waals surface area contributed by atoms with Crippen LogP contribution in [0.4, 0.5) is 11.4 Å². The van der Waals surface area contributed by atoms with E-state index in [0.717, 1.165) is 31.5 Å². The van der Waals surface area contributed by atoms with Crippen LogP contribution in [0.3, 0.4) is 0 Å². The molecule has 0 spiro atoms. The number of nitrogens with one attached hydrogen (secondary N) is 1. The Morgan fingerprint density at radius 3 is 2.86 bits per heavy atom. The van der Waals surface area contributed by atoms with Crippen LogP contribution in [-0.4, -0.2) is 23.9 Å². The Kier molecular flexibility index (Phi) is 5.19. The number of hydrogen-bond acceptors (Lipinski definition) is 3. The lowest BCUT2D eigenvalue weighted by Gasteiger charge is -2.27. The van der Waals surface area contributed by atoms with Gasteiger partial charge in [-0.1, -0.05) is 19.4 Å². The molecule has 1 atom stereocenters. The summed E-state index contributed by atoms with van der Waals surface area (Å²) in [5.74, 6) is -0.0548. The van der Waals surface area contributed by atoms with E-state index in [0.29, 0.717) is 18.5 Å². The van der Waals surface area contributed by atoms with Crippen molar-refractivity contribution in [1.29, 1.82) is 0 Å². The second kappa shape index (κ2) is 6.92. The highest BCUT2D eigenvalue weighted by Gasteiger charge is 2.27. The second-order valence-electron chi connectivity index (χ2n) is 6.17. The molecule has 1 aliphatic rings. The second-order valence-corrected chi connectivity index (χ2v) is 6.17. The fourth-order valence-corrected chi connectivity index (χ4v) is 2.74. The summed E-state index contributed by atoms with van der Waals surface area (Å²) in [6.45, 7) is 4.48. The Balaban J connectivity index is 2.11. The van der Waals surface area contributed by atoms with Crippen LogP contribution >= 0.6 is 0 Å². The van der Waals surface area contributed by atoms with E-state index in [4.69, 9.17) is 5.73 Å². The van der Waals surface area contributed by atoms with Gasteiger partial charge in [0.2, 0.25) is 11.8 Å². The molecule has 0 aromatic heterocycles. The Morgan fingerprint density at radius 1 is 1.41 bits per heavy atom. The van der Waals surface area contributed by atoms with Gasteiger partial charge in [-0.2, -0.15) is 0 Å². The normalized spacial score (nSPS) is 18.0. The van der Waals surface area contributed by atoms with Gasteiger partial charge in [0, 0.05) is 24.3 Å². The predicted octanol–water partition coefficient (Wildman–Crippen LogP) is 2.66. The third-order valence-electron chi connectivity index (χ3n) is 4.03. The summed E-state index contributed by atoms with van der Waals surface area (Å²) in [6, 6.07) is 7.40. The van der Waals surface area contributed by atoms with Crippen molar-refractivity contribution in [2.24, 2.45) is 5.73 Å². The van der Waals surface area contributed by atoms with Crippen LogP contribution in [0.5, 0.6) is 0 Å². The zero-order valence-corrected chi connectivity index (χ0v) is 13.4. The van der Waals surface area contributed by atoms with E-state index < -0.39 is 5.54 Å². The number of amides is 2. The summed E-state index contributed by atoms with van der Waals surface area (Å²) in [4.78, 5) is 26.0. The summed E-state index contributed by atoms with van der Waals surface area (Å²) in [6.07, 6.45) is 4.04. The van der Waals surface area contributed by atoms with Crippen molar-refractivity contribution in [3.63, 3.8) is 0 Å². The van der Waals surface area contributed by atoms with Crippen LogP contribution in [0.2, 0.25) is 0 Å². The van der Waals surface area contributed by atoms with Crippen molar-refractivity contribution in [3.8, 4) is 0 Å². The zero-order valence-electron chi connectivity index (χ0n) is 13.4. The average molecular weight is 303 g/mol. The quantitative estimate of drug-likeness (QED) is 0.878. The maximum absolute atomic E-state index is 12.3. The van der Waals surface area contributed by atoms with Crippen molar-refractivity contribution >= 4 is 23.2 Å². The highest BCUT2D eigenvalue weighted by molar-refractivity contribution is 5.99. The van der Waals surface area contributed by atoms with E-state index in [1.807, 2.05) is 31.2 Å². The fourth-order valence-electron chi connectivity index (χ4n) is 2.74. The Bertz CT molecular complexity index is 555. The molecule has 1 saturated heterocycles. The molecule has 2 amide bonds. The van der Waals surface area contributed by atoms with E-state index >= 15 is 0 Å². The molecular formula is C17H25N3O2. The molecule has 1 aliphatic heterocycles. The van der Waals surface area contributed by atoms with Crippen LogP contribution in [0.25, 0.3) is 0 Å². The molecule has 1 heterocycles. The molecule has 120 valence electrons. The molecule has 0 saturated carbocycles.